The van der Waals surface area contributed by atoms with Crippen molar-refractivity contribution in [3.8, 4) is 0 Å². The van der Waals surface area contributed by atoms with Crippen molar-refractivity contribution >= 4 is 23.0 Å². The van der Waals surface area contributed by atoms with Gasteiger partial charge in [-0.2, -0.15) is 0 Å². The van der Waals surface area contributed by atoms with Crippen molar-refractivity contribution in [2.75, 3.05) is 25.6 Å². The molecule has 17 heavy (non-hydrogen) atoms. The number of nitro benzene ring substituents is 1. The predicted molar refractivity (Wildman–Crippen MR) is 67.6 cm³/mol. The highest BCUT2D eigenvalue weighted by molar-refractivity contribution is 6.30. The van der Waals surface area contributed by atoms with Crippen LogP contribution in [0.15, 0.2) is 18.2 Å². The van der Waals surface area contributed by atoms with Gasteiger partial charge in [0, 0.05) is 24.7 Å². The lowest BCUT2D eigenvalue weighted by atomic mass is 10.2. The van der Waals surface area contributed by atoms with Gasteiger partial charge < -0.3 is 10.1 Å². The number of rotatable bonds is 6. The maximum Gasteiger partial charge on any atom is 0.293 e. The minimum atomic E-state index is -0.449. The number of benzene rings is 1. The second kappa shape index (κ2) is 6.42. The minimum absolute atomic E-state index is 0.0119. The maximum absolute atomic E-state index is 10.8. The second-order valence-electron chi connectivity index (χ2n) is 3.86. The van der Waals surface area contributed by atoms with Crippen molar-refractivity contribution in [3.05, 3.63) is 33.3 Å². The van der Waals surface area contributed by atoms with Gasteiger partial charge >= 0.3 is 0 Å². The number of hydrogen-bond acceptors (Lipinski definition) is 4. The van der Waals surface area contributed by atoms with Crippen LogP contribution in [0.3, 0.4) is 0 Å². The van der Waals surface area contributed by atoms with Gasteiger partial charge in [-0.05, 0) is 18.1 Å². The topological polar surface area (TPSA) is 64.4 Å². The van der Waals surface area contributed by atoms with Gasteiger partial charge in [0.15, 0.2) is 0 Å². The third-order valence-electron chi connectivity index (χ3n) is 2.25. The molecule has 0 saturated heterocycles. The molecule has 1 aromatic carbocycles. The Morgan fingerprint density at radius 1 is 1.59 bits per heavy atom. The van der Waals surface area contributed by atoms with Gasteiger partial charge in [0.2, 0.25) is 0 Å². The molecular formula is C11H15ClN2O3. The van der Waals surface area contributed by atoms with Gasteiger partial charge in [-0.15, -0.1) is 0 Å². The molecule has 0 heterocycles. The number of nitro groups is 1. The molecule has 0 spiro atoms. The molecule has 0 saturated carbocycles. The van der Waals surface area contributed by atoms with Crippen LogP contribution in [-0.2, 0) is 4.74 Å². The van der Waals surface area contributed by atoms with Gasteiger partial charge in [-0.25, -0.2) is 0 Å². The van der Waals surface area contributed by atoms with Crippen LogP contribution in [0.25, 0.3) is 0 Å². The first-order valence-corrected chi connectivity index (χ1v) is 5.59. The molecule has 0 bridgehead atoms. The van der Waals surface area contributed by atoms with Crippen molar-refractivity contribution in [3.63, 3.8) is 0 Å². The Morgan fingerprint density at radius 3 is 2.88 bits per heavy atom. The monoisotopic (exact) mass is 258 g/mol. The van der Waals surface area contributed by atoms with Crippen LogP contribution in [0.1, 0.15) is 6.92 Å². The molecule has 0 aromatic heterocycles. The summed E-state index contributed by atoms with van der Waals surface area (Å²) in [5.41, 5.74) is 0.462. The Balaban J connectivity index is 2.73. The van der Waals surface area contributed by atoms with E-state index in [1.807, 2.05) is 6.92 Å². The fourth-order valence-electron chi connectivity index (χ4n) is 1.43. The molecule has 5 nitrogen and oxygen atoms in total. The largest absolute Gasteiger partial charge is 0.384 e. The lowest BCUT2D eigenvalue weighted by molar-refractivity contribution is -0.383. The van der Waals surface area contributed by atoms with Crippen LogP contribution >= 0.6 is 11.6 Å². The van der Waals surface area contributed by atoms with E-state index >= 15 is 0 Å². The Bertz CT molecular complexity index is 398. The molecule has 1 rings (SSSR count). The van der Waals surface area contributed by atoms with E-state index < -0.39 is 4.92 Å². The summed E-state index contributed by atoms with van der Waals surface area (Å²) in [7, 11) is 1.63. The number of nitrogens with zero attached hydrogens (tertiary/aromatic N) is 1. The zero-order valence-corrected chi connectivity index (χ0v) is 10.5. The van der Waals surface area contributed by atoms with Gasteiger partial charge in [0.25, 0.3) is 5.69 Å². The van der Waals surface area contributed by atoms with Gasteiger partial charge in [0.05, 0.1) is 11.5 Å². The Labute approximate surface area is 105 Å². The van der Waals surface area contributed by atoms with Gasteiger partial charge in [-0.3, -0.25) is 10.1 Å². The summed E-state index contributed by atoms with van der Waals surface area (Å²) in [4.78, 5) is 10.4. The van der Waals surface area contributed by atoms with Crippen LogP contribution in [-0.4, -0.2) is 25.2 Å². The lowest BCUT2D eigenvalue weighted by Gasteiger charge is -2.12. The highest BCUT2D eigenvalue weighted by Crippen LogP contribution is 2.27. The Morgan fingerprint density at radius 2 is 2.29 bits per heavy atom. The summed E-state index contributed by atoms with van der Waals surface area (Å²) in [6, 6.07) is 4.57. The van der Waals surface area contributed by atoms with E-state index in [9.17, 15) is 10.1 Å². The third-order valence-corrected chi connectivity index (χ3v) is 2.48. The molecule has 1 N–H and O–H groups in total. The summed E-state index contributed by atoms with van der Waals surface area (Å²) in [6.07, 6.45) is 0. The zero-order chi connectivity index (χ0) is 12.8. The van der Waals surface area contributed by atoms with Crippen LogP contribution in [0.4, 0.5) is 11.4 Å². The quantitative estimate of drug-likeness (QED) is 0.629. The number of anilines is 1. The summed E-state index contributed by atoms with van der Waals surface area (Å²) in [5, 5.41) is 14.2. The number of halogens is 1. The first-order valence-electron chi connectivity index (χ1n) is 5.21. The molecule has 0 fully saturated rings. The van der Waals surface area contributed by atoms with Crippen LogP contribution in [0, 0.1) is 16.0 Å². The van der Waals surface area contributed by atoms with Crippen molar-refractivity contribution < 1.29 is 9.66 Å². The van der Waals surface area contributed by atoms with Crippen LogP contribution < -0.4 is 5.32 Å². The zero-order valence-electron chi connectivity index (χ0n) is 9.77. The van der Waals surface area contributed by atoms with Gasteiger partial charge in [0.1, 0.15) is 5.69 Å². The SMILES string of the molecule is COCC(C)CNc1ccc(Cl)cc1[N+](=O)[O-]. The molecule has 94 valence electrons. The summed E-state index contributed by atoms with van der Waals surface area (Å²) in [5.74, 6) is 0.273. The summed E-state index contributed by atoms with van der Waals surface area (Å²) < 4.78 is 4.99. The molecule has 0 aliphatic carbocycles. The molecular weight excluding hydrogens is 244 g/mol. The molecule has 1 unspecified atom stereocenters. The number of hydrogen-bond donors (Lipinski definition) is 1. The Hall–Kier alpha value is -1.33. The lowest BCUT2D eigenvalue weighted by Crippen LogP contribution is -2.16. The minimum Gasteiger partial charge on any atom is -0.384 e. The van der Waals surface area contributed by atoms with Gasteiger partial charge in [-0.1, -0.05) is 18.5 Å². The van der Waals surface area contributed by atoms with Crippen LogP contribution in [0.5, 0.6) is 0 Å². The average molecular weight is 259 g/mol. The molecule has 0 amide bonds. The van der Waals surface area contributed by atoms with Crippen molar-refractivity contribution in [1.29, 1.82) is 0 Å². The van der Waals surface area contributed by atoms with Crippen molar-refractivity contribution in [2.45, 2.75) is 6.92 Å². The average Bonchev–Trinajstić information content (AvgIpc) is 2.27. The molecule has 0 radical (unpaired) electrons. The molecule has 0 aliphatic rings. The standard InChI is InChI=1S/C11H15ClN2O3/c1-8(7-17-2)6-13-10-4-3-9(12)5-11(10)14(15)16/h3-5,8,13H,6-7H2,1-2H3. The Kier molecular flexibility index (Phi) is 5.18. The van der Waals surface area contributed by atoms with E-state index in [-0.39, 0.29) is 11.6 Å². The van der Waals surface area contributed by atoms with E-state index in [0.717, 1.165) is 0 Å². The molecule has 1 atom stereocenters. The predicted octanol–water partition coefficient (Wildman–Crippen LogP) is 2.94. The smallest absolute Gasteiger partial charge is 0.293 e. The highest BCUT2D eigenvalue weighted by atomic mass is 35.5. The van der Waals surface area contributed by atoms with E-state index in [0.29, 0.717) is 23.9 Å². The third kappa shape index (κ3) is 4.20. The van der Waals surface area contributed by atoms with E-state index in [4.69, 9.17) is 16.3 Å². The normalized spacial score (nSPS) is 12.2. The van der Waals surface area contributed by atoms with E-state index in [2.05, 4.69) is 5.32 Å². The van der Waals surface area contributed by atoms with Crippen molar-refractivity contribution in [1.82, 2.24) is 0 Å². The highest BCUT2D eigenvalue weighted by Gasteiger charge is 2.14. The maximum atomic E-state index is 10.8. The molecule has 1 aromatic rings. The molecule has 0 aliphatic heterocycles. The number of methoxy groups -OCH3 is 1. The van der Waals surface area contributed by atoms with E-state index in [1.165, 1.54) is 6.07 Å². The van der Waals surface area contributed by atoms with Crippen LogP contribution in [0.2, 0.25) is 5.02 Å². The van der Waals surface area contributed by atoms with Crippen molar-refractivity contribution in [2.24, 2.45) is 5.92 Å². The summed E-state index contributed by atoms with van der Waals surface area (Å²) >= 11 is 5.72. The number of nitrogens with one attached hydrogen (secondary N) is 1. The second-order valence-corrected chi connectivity index (χ2v) is 4.30. The molecule has 6 heteroatoms. The fourth-order valence-corrected chi connectivity index (χ4v) is 1.60. The van der Waals surface area contributed by atoms with E-state index in [1.54, 1.807) is 19.2 Å². The number of ether oxygens (including phenoxy) is 1. The summed E-state index contributed by atoms with van der Waals surface area (Å²) in [6.45, 7) is 3.21. The first-order chi connectivity index (χ1) is 8.04. The fraction of sp³-hybridized carbons (Fsp3) is 0.455. The first kappa shape index (κ1) is 13.7.